The van der Waals surface area contributed by atoms with Crippen LogP contribution in [0.3, 0.4) is 0 Å². The fraction of sp³-hybridized carbons (Fsp3) is 0.231. The molecule has 1 N–H and O–H groups in total. The quantitative estimate of drug-likeness (QED) is 0.409. The van der Waals surface area contributed by atoms with Gasteiger partial charge in [0.25, 0.3) is 5.91 Å². The van der Waals surface area contributed by atoms with E-state index in [2.05, 4.69) is 11.4 Å². The zero-order valence-corrected chi connectivity index (χ0v) is 18.9. The van der Waals surface area contributed by atoms with Gasteiger partial charge in [0.1, 0.15) is 12.4 Å². The third kappa shape index (κ3) is 5.32. The second kappa shape index (κ2) is 10.4. The number of anilines is 1. The van der Waals surface area contributed by atoms with E-state index in [1.807, 2.05) is 72.5 Å². The van der Waals surface area contributed by atoms with Crippen LogP contribution in [0.4, 0.5) is 5.69 Å². The van der Waals surface area contributed by atoms with Crippen LogP contribution in [0.25, 0.3) is 0 Å². The molecule has 1 aliphatic rings. The molecule has 0 aromatic heterocycles. The highest BCUT2D eigenvalue weighted by atomic mass is 32.2. The van der Waals surface area contributed by atoms with Gasteiger partial charge in [-0.2, -0.15) is 0 Å². The molecule has 0 saturated carbocycles. The topological polar surface area (TPSA) is 58.6 Å². The first-order valence-corrected chi connectivity index (χ1v) is 11.7. The highest BCUT2D eigenvalue weighted by molar-refractivity contribution is 8.00. The summed E-state index contributed by atoms with van der Waals surface area (Å²) in [5, 5.41) is 2.90. The molecule has 32 heavy (non-hydrogen) atoms. The lowest BCUT2D eigenvalue weighted by Gasteiger charge is -2.17. The number of carbonyl (C=O) groups is 2. The van der Waals surface area contributed by atoms with Gasteiger partial charge in [-0.05, 0) is 49.2 Å². The van der Waals surface area contributed by atoms with Gasteiger partial charge in [-0.15, -0.1) is 11.8 Å². The van der Waals surface area contributed by atoms with E-state index in [9.17, 15) is 9.59 Å². The lowest BCUT2D eigenvalue weighted by atomic mass is 10.2. The normalized spacial score (nSPS) is 12.3. The number of aryl methyl sites for hydroxylation is 1. The molecule has 3 aromatic carbocycles. The maximum Gasteiger partial charge on any atom is 0.252 e. The number of hydrogen-bond acceptors (Lipinski definition) is 4. The van der Waals surface area contributed by atoms with Gasteiger partial charge in [-0.3, -0.25) is 9.59 Å². The number of benzene rings is 3. The van der Waals surface area contributed by atoms with E-state index in [4.69, 9.17) is 4.74 Å². The lowest BCUT2D eigenvalue weighted by molar-refractivity contribution is -0.116. The number of thioether (sulfide) groups is 1. The van der Waals surface area contributed by atoms with Crippen molar-refractivity contribution in [2.24, 2.45) is 0 Å². The molecule has 0 saturated heterocycles. The minimum Gasteiger partial charge on any atom is -0.492 e. The summed E-state index contributed by atoms with van der Waals surface area (Å²) in [5.41, 5.74) is 3.95. The Balaban J connectivity index is 1.30. The minimum atomic E-state index is -0.167. The van der Waals surface area contributed by atoms with E-state index in [0.717, 1.165) is 22.8 Å². The van der Waals surface area contributed by atoms with E-state index in [1.54, 1.807) is 6.07 Å². The average Bonchev–Trinajstić information content (AvgIpc) is 3.26. The molecule has 6 heteroatoms. The Morgan fingerprint density at radius 2 is 1.75 bits per heavy atom. The van der Waals surface area contributed by atoms with Crippen LogP contribution in [0, 0.1) is 6.92 Å². The van der Waals surface area contributed by atoms with Crippen molar-refractivity contribution >= 4 is 29.3 Å². The number of ether oxygens (including phenoxy) is 1. The highest BCUT2D eigenvalue weighted by Gasteiger charge is 2.24. The first-order chi connectivity index (χ1) is 15.6. The van der Waals surface area contributed by atoms with Gasteiger partial charge in [-0.25, -0.2) is 0 Å². The van der Waals surface area contributed by atoms with Crippen LogP contribution >= 0.6 is 11.8 Å². The fourth-order valence-electron chi connectivity index (χ4n) is 3.66. The Bertz CT molecular complexity index is 1100. The zero-order chi connectivity index (χ0) is 22.3. The molecule has 0 fully saturated rings. The molecule has 2 amide bonds. The predicted molar refractivity (Wildman–Crippen MR) is 129 cm³/mol. The van der Waals surface area contributed by atoms with Crippen LogP contribution in [0.2, 0.25) is 0 Å². The van der Waals surface area contributed by atoms with Gasteiger partial charge in [0, 0.05) is 17.1 Å². The number of nitrogens with zero attached hydrogens (tertiary/aromatic N) is 1. The van der Waals surface area contributed by atoms with E-state index in [-0.39, 0.29) is 17.6 Å². The fourth-order valence-corrected chi connectivity index (χ4v) is 4.58. The van der Waals surface area contributed by atoms with Crippen molar-refractivity contribution in [1.82, 2.24) is 5.32 Å². The molecule has 0 spiro atoms. The summed E-state index contributed by atoms with van der Waals surface area (Å²) in [4.78, 5) is 28.2. The predicted octanol–water partition coefficient (Wildman–Crippen LogP) is 4.49. The molecule has 164 valence electrons. The number of carbonyl (C=O) groups excluding carboxylic acids is 2. The summed E-state index contributed by atoms with van der Waals surface area (Å²) < 4.78 is 5.67. The number of amides is 2. The van der Waals surface area contributed by atoms with Crippen molar-refractivity contribution < 1.29 is 14.3 Å². The third-order valence-corrected chi connectivity index (χ3v) is 6.41. The average molecular weight is 447 g/mol. The smallest absolute Gasteiger partial charge is 0.252 e. The first kappa shape index (κ1) is 22.0. The first-order valence-electron chi connectivity index (χ1n) is 10.7. The standard InChI is InChI=1S/C26H26N2O3S/c1-19-10-12-21(13-11-19)31-17-15-27-26(30)22-7-3-5-9-24(22)32-18-25(29)28-16-14-20-6-2-4-8-23(20)28/h2-13H,14-18H2,1H3,(H,27,30). The van der Waals surface area contributed by atoms with Crippen molar-refractivity contribution in [2.75, 3.05) is 30.3 Å². The minimum absolute atomic E-state index is 0.0571. The molecule has 5 nitrogen and oxygen atoms in total. The Labute approximate surface area is 192 Å². The number of hydrogen-bond donors (Lipinski definition) is 1. The van der Waals surface area contributed by atoms with Crippen molar-refractivity contribution in [3.8, 4) is 5.75 Å². The van der Waals surface area contributed by atoms with E-state index in [1.165, 1.54) is 22.9 Å². The monoisotopic (exact) mass is 446 g/mol. The molecule has 0 aliphatic carbocycles. The summed E-state index contributed by atoms with van der Waals surface area (Å²) in [5.74, 6) is 0.957. The number of fused-ring (bicyclic) bond motifs is 1. The zero-order valence-electron chi connectivity index (χ0n) is 18.0. The number of rotatable bonds is 8. The van der Waals surface area contributed by atoms with Gasteiger partial charge in [0.2, 0.25) is 5.91 Å². The van der Waals surface area contributed by atoms with Crippen molar-refractivity contribution in [3.05, 3.63) is 89.5 Å². The maximum absolute atomic E-state index is 12.8. The molecule has 0 unspecified atom stereocenters. The molecular formula is C26H26N2O3S. The second-order valence-electron chi connectivity index (χ2n) is 7.63. The summed E-state index contributed by atoms with van der Waals surface area (Å²) in [7, 11) is 0. The van der Waals surface area contributed by atoms with Crippen molar-refractivity contribution in [1.29, 1.82) is 0 Å². The van der Waals surface area contributed by atoms with Gasteiger partial charge in [-0.1, -0.05) is 48.0 Å². The Morgan fingerprint density at radius 1 is 1.00 bits per heavy atom. The lowest BCUT2D eigenvalue weighted by Crippen LogP contribution is -2.31. The van der Waals surface area contributed by atoms with Crippen molar-refractivity contribution in [3.63, 3.8) is 0 Å². The summed E-state index contributed by atoms with van der Waals surface area (Å²) in [6.07, 6.45) is 0.885. The molecule has 1 aliphatic heterocycles. The maximum atomic E-state index is 12.8. The summed E-state index contributed by atoms with van der Waals surface area (Å²) >= 11 is 1.40. The summed E-state index contributed by atoms with van der Waals surface area (Å²) in [6, 6.07) is 23.2. The molecule has 0 radical (unpaired) electrons. The van der Waals surface area contributed by atoms with Crippen LogP contribution in [-0.2, 0) is 11.2 Å². The van der Waals surface area contributed by atoms with Gasteiger partial charge < -0.3 is 15.0 Å². The summed E-state index contributed by atoms with van der Waals surface area (Å²) in [6.45, 7) is 3.52. The van der Waals surface area contributed by atoms with Gasteiger partial charge >= 0.3 is 0 Å². The number of nitrogens with one attached hydrogen (secondary N) is 1. The third-order valence-electron chi connectivity index (χ3n) is 5.35. The Morgan fingerprint density at radius 3 is 2.59 bits per heavy atom. The van der Waals surface area contributed by atoms with Crippen LogP contribution in [0.15, 0.2) is 77.7 Å². The second-order valence-corrected chi connectivity index (χ2v) is 8.64. The van der Waals surface area contributed by atoms with Gasteiger partial charge in [0.05, 0.1) is 17.9 Å². The molecular weight excluding hydrogens is 420 g/mol. The SMILES string of the molecule is Cc1ccc(OCCNC(=O)c2ccccc2SCC(=O)N2CCc3ccccc32)cc1. The Hall–Kier alpha value is -3.25. The van der Waals surface area contributed by atoms with Gasteiger partial charge in [0.15, 0.2) is 0 Å². The highest BCUT2D eigenvalue weighted by Crippen LogP contribution is 2.29. The van der Waals surface area contributed by atoms with E-state index < -0.39 is 0 Å². The van der Waals surface area contributed by atoms with Crippen LogP contribution in [-0.4, -0.2) is 37.3 Å². The molecule has 1 heterocycles. The van der Waals surface area contributed by atoms with Crippen LogP contribution < -0.4 is 15.0 Å². The van der Waals surface area contributed by atoms with E-state index in [0.29, 0.717) is 25.3 Å². The molecule has 0 atom stereocenters. The van der Waals surface area contributed by atoms with Crippen LogP contribution in [0.5, 0.6) is 5.75 Å². The largest absolute Gasteiger partial charge is 0.492 e. The van der Waals surface area contributed by atoms with Crippen molar-refractivity contribution in [2.45, 2.75) is 18.2 Å². The van der Waals surface area contributed by atoms with Crippen LogP contribution in [0.1, 0.15) is 21.5 Å². The Kier molecular flexibility index (Phi) is 7.12. The number of para-hydroxylation sites is 1. The van der Waals surface area contributed by atoms with E-state index >= 15 is 0 Å². The molecule has 4 rings (SSSR count). The molecule has 3 aromatic rings. The molecule has 0 bridgehead atoms.